The third-order valence-electron chi connectivity index (χ3n) is 4.02. The van der Waals surface area contributed by atoms with Crippen LogP contribution in [0.1, 0.15) is 0 Å². The van der Waals surface area contributed by atoms with Gasteiger partial charge in [-0.15, -0.1) is 0 Å². The fourth-order valence-electron chi connectivity index (χ4n) is 2.81. The Morgan fingerprint density at radius 2 is 2.10 bits per heavy atom. The number of likely N-dealkylation sites (N-methyl/N-ethyl adjacent to an activating group) is 1. The number of anilines is 1. The third kappa shape index (κ3) is 1.99. The number of carbonyl (C=O) groups excluding carboxylic acids is 1. The summed E-state index contributed by atoms with van der Waals surface area (Å²) < 4.78 is 0.970. The molecule has 6 nitrogen and oxygen atoms in total. The lowest BCUT2D eigenvalue weighted by atomic mass is 10.1. The Kier molecular flexibility index (Phi) is 2.87. The molecule has 1 aromatic carbocycles. The van der Waals surface area contributed by atoms with Gasteiger partial charge in [-0.05, 0) is 25.2 Å². The number of hydrogen-bond acceptors (Lipinski definition) is 5. The predicted molar refractivity (Wildman–Crippen MR) is 85.4 cm³/mol. The number of nitrogens with zero attached hydrogens (tertiary/aromatic N) is 4. The molecule has 3 aliphatic heterocycles. The maximum absolute atomic E-state index is 11.8. The van der Waals surface area contributed by atoms with Crippen molar-refractivity contribution in [2.24, 2.45) is 9.98 Å². The van der Waals surface area contributed by atoms with Gasteiger partial charge in [-0.1, -0.05) is 15.9 Å². The number of nitrogens with one attached hydrogen (secondary N) is 1. The first-order chi connectivity index (χ1) is 10.2. The van der Waals surface area contributed by atoms with Gasteiger partial charge in [0.2, 0.25) is 0 Å². The molecule has 0 bridgehead atoms. The molecule has 1 amide bonds. The van der Waals surface area contributed by atoms with E-state index in [1.807, 2.05) is 30.1 Å². The van der Waals surface area contributed by atoms with Gasteiger partial charge < -0.3 is 15.1 Å². The lowest BCUT2D eigenvalue weighted by Crippen LogP contribution is -2.62. The Bertz CT molecular complexity index is 693. The van der Waals surface area contributed by atoms with Crippen LogP contribution in [0.2, 0.25) is 0 Å². The molecule has 0 spiro atoms. The van der Waals surface area contributed by atoms with E-state index < -0.39 is 0 Å². The summed E-state index contributed by atoms with van der Waals surface area (Å²) in [4.78, 5) is 24.8. The van der Waals surface area contributed by atoms with E-state index in [4.69, 9.17) is 4.99 Å². The first-order valence-corrected chi connectivity index (χ1v) is 7.65. The van der Waals surface area contributed by atoms with E-state index in [0.717, 1.165) is 34.8 Å². The van der Waals surface area contributed by atoms with Crippen molar-refractivity contribution >= 4 is 44.9 Å². The van der Waals surface area contributed by atoms with Crippen molar-refractivity contribution in [2.75, 3.05) is 31.6 Å². The zero-order chi connectivity index (χ0) is 14.6. The number of benzene rings is 1. The van der Waals surface area contributed by atoms with Gasteiger partial charge in [-0.25, -0.2) is 4.99 Å². The van der Waals surface area contributed by atoms with Crippen molar-refractivity contribution < 1.29 is 4.79 Å². The maximum atomic E-state index is 11.8. The monoisotopic (exact) mass is 347 g/mol. The molecule has 7 heteroatoms. The zero-order valence-corrected chi connectivity index (χ0v) is 13.1. The number of likely N-dealkylation sites (tertiary alicyclic amines) is 1. The largest absolute Gasteiger partial charge is 0.350 e. The topological polar surface area (TPSA) is 60.3 Å². The number of carbonyl (C=O) groups is 1. The molecular formula is C14H14BrN5O. The summed E-state index contributed by atoms with van der Waals surface area (Å²) in [6.45, 7) is 2.07. The van der Waals surface area contributed by atoms with Crippen LogP contribution in [0.5, 0.6) is 0 Å². The van der Waals surface area contributed by atoms with Gasteiger partial charge in [0.25, 0.3) is 5.91 Å². The van der Waals surface area contributed by atoms with Crippen LogP contribution in [0.3, 0.4) is 0 Å². The van der Waals surface area contributed by atoms with Gasteiger partial charge >= 0.3 is 0 Å². The van der Waals surface area contributed by atoms with Crippen molar-refractivity contribution in [2.45, 2.75) is 6.04 Å². The molecule has 1 N–H and O–H groups in total. The molecule has 0 unspecified atom stereocenters. The van der Waals surface area contributed by atoms with Crippen LogP contribution in [0, 0.1) is 0 Å². The lowest BCUT2D eigenvalue weighted by Gasteiger charge is -2.43. The maximum Gasteiger partial charge on any atom is 0.267 e. The van der Waals surface area contributed by atoms with Gasteiger partial charge in [-0.2, -0.15) is 4.99 Å². The molecule has 3 heterocycles. The highest BCUT2D eigenvalue weighted by Gasteiger charge is 2.39. The summed E-state index contributed by atoms with van der Waals surface area (Å²) >= 11 is 3.47. The van der Waals surface area contributed by atoms with Crippen LogP contribution in [0.15, 0.2) is 32.7 Å². The van der Waals surface area contributed by atoms with Crippen molar-refractivity contribution in [3.05, 3.63) is 22.7 Å². The molecule has 21 heavy (non-hydrogen) atoms. The molecule has 0 aliphatic carbocycles. The van der Waals surface area contributed by atoms with Gasteiger partial charge in [0, 0.05) is 23.6 Å². The molecular weight excluding hydrogens is 334 g/mol. The zero-order valence-electron chi connectivity index (χ0n) is 11.5. The van der Waals surface area contributed by atoms with Crippen LogP contribution in [-0.4, -0.2) is 55.2 Å². The second kappa shape index (κ2) is 4.64. The molecule has 1 fully saturated rings. The Hall–Kier alpha value is -1.73. The van der Waals surface area contributed by atoms with E-state index in [1.165, 1.54) is 0 Å². The van der Waals surface area contributed by atoms with E-state index in [2.05, 4.69) is 31.1 Å². The van der Waals surface area contributed by atoms with Gasteiger partial charge in [0.05, 0.1) is 11.4 Å². The van der Waals surface area contributed by atoms with E-state index in [0.29, 0.717) is 18.4 Å². The fraction of sp³-hybridized carbons (Fsp3) is 0.357. The molecule has 4 rings (SSSR count). The molecule has 0 aromatic heterocycles. The van der Waals surface area contributed by atoms with Crippen molar-refractivity contribution in [3.63, 3.8) is 0 Å². The lowest BCUT2D eigenvalue weighted by molar-refractivity contribution is -0.115. The Balaban J connectivity index is 1.77. The highest BCUT2D eigenvalue weighted by atomic mass is 79.9. The Morgan fingerprint density at radius 1 is 1.29 bits per heavy atom. The first kappa shape index (κ1) is 13.0. The number of amides is 1. The summed E-state index contributed by atoms with van der Waals surface area (Å²) in [5.41, 5.74) is 1.82. The van der Waals surface area contributed by atoms with E-state index in [9.17, 15) is 4.79 Å². The third-order valence-corrected chi connectivity index (χ3v) is 4.52. The van der Waals surface area contributed by atoms with Crippen LogP contribution in [0.4, 0.5) is 11.4 Å². The molecule has 0 radical (unpaired) electrons. The highest BCUT2D eigenvalue weighted by molar-refractivity contribution is 9.10. The van der Waals surface area contributed by atoms with Crippen molar-refractivity contribution in [1.82, 2.24) is 10.2 Å². The minimum atomic E-state index is -0.115. The average Bonchev–Trinajstić information content (AvgIpc) is 2.80. The number of amidine groups is 2. The SMILES string of the molecule is CNC1CN(C2=Nc3ccc(Br)cc3N3CC(=O)N=C23)C1. The molecule has 3 aliphatic rings. The highest BCUT2D eigenvalue weighted by Crippen LogP contribution is 2.37. The second-order valence-corrected chi connectivity index (χ2v) is 6.29. The minimum Gasteiger partial charge on any atom is -0.350 e. The summed E-state index contributed by atoms with van der Waals surface area (Å²) in [6.07, 6.45) is 0. The number of hydrogen-bond donors (Lipinski definition) is 1. The van der Waals surface area contributed by atoms with Crippen molar-refractivity contribution in [3.8, 4) is 0 Å². The summed E-state index contributed by atoms with van der Waals surface area (Å²) in [7, 11) is 1.96. The van der Waals surface area contributed by atoms with Gasteiger partial charge in [0.1, 0.15) is 6.54 Å². The fourth-order valence-corrected chi connectivity index (χ4v) is 3.16. The van der Waals surface area contributed by atoms with Crippen molar-refractivity contribution in [1.29, 1.82) is 0 Å². The van der Waals surface area contributed by atoms with Gasteiger partial charge in [0.15, 0.2) is 11.7 Å². The van der Waals surface area contributed by atoms with Crippen LogP contribution < -0.4 is 10.2 Å². The molecule has 1 aromatic rings. The second-order valence-electron chi connectivity index (χ2n) is 5.37. The average molecular weight is 348 g/mol. The quantitative estimate of drug-likeness (QED) is 0.827. The molecule has 0 atom stereocenters. The van der Waals surface area contributed by atoms with Crippen LogP contribution >= 0.6 is 15.9 Å². The number of fused-ring (bicyclic) bond motifs is 3. The predicted octanol–water partition coefficient (Wildman–Crippen LogP) is 1.14. The molecule has 108 valence electrons. The summed E-state index contributed by atoms with van der Waals surface area (Å²) in [5, 5.41) is 3.24. The normalized spacial score (nSPS) is 20.8. The standard InChI is InChI=1S/C14H14BrN5O/c1-16-9-5-19(6-9)13-14-18-12(21)7-20(14)11-4-8(15)2-3-10(11)17-13/h2-4,9,16H,5-7H2,1H3. The van der Waals surface area contributed by atoms with E-state index in [-0.39, 0.29) is 5.91 Å². The minimum absolute atomic E-state index is 0.115. The number of rotatable bonds is 1. The van der Waals surface area contributed by atoms with Gasteiger partial charge in [-0.3, -0.25) is 4.79 Å². The summed E-state index contributed by atoms with van der Waals surface area (Å²) in [6, 6.07) is 6.39. The Labute approximate surface area is 130 Å². The smallest absolute Gasteiger partial charge is 0.267 e. The van der Waals surface area contributed by atoms with E-state index >= 15 is 0 Å². The van der Waals surface area contributed by atoms with Crippen LogP contribution in [-0.2, 0) is 4.79 Å². The Morgan fingerprint density at radius 3 is 2.86 bits per heavy atom. The molecule has 0 saturated carbocycles. The molecule has 1 saturated heterocycles. The number of halogens is 1. The van der Waals surface area contributed by atoms with E-state index in [1.54, 1.807) is 0 Å². The number of aliphatic imine (C=N–C) groups is 2. The first-order valence-electron chi connectivity index (χ1n) is 6.85. The summed E-state index contributed by atoms with van der Waals surface area (Å²) in [5.74, 6) is 1.37. The van der Waals surface area contributed by atoms with Crippen LogP contribution in [0.25, 0.3) is 0 Å².